The summed E-state index contributed by atoms with van der Waals surface area (Å²) in [6.07, 6.45) is -0.708. The molecule has 0 aliphatic carbocycles. The molecule has 2 aromatic rings. The molecule has 0 aliphatic heterocycles. The highest BCUT2D eigenvalue weighted by Gasteiger charge is 2.15. The molecule has 1 N–H and O–H groups in total. The van der Waals surface area contributed by atoms with Crippen molar-refractivity contribution in [2.75, 3.05) is 14.2 Å². The molecular formula is C16H18O3. The number of rotatable bonds is 4. The molecule has 1 unspecified atom stereocenters. The zero-order valence-electron chi connectivity index (χ0n) is 11.4. The van der Waals surface area contributed by atoms with Gasteiger partial charge in [0.2, 0.25) is 0 Å². The fraction of sp³-hybridized carbons (Fsp3) is 0.250. The van der Waals surface area contributed by atoms with E-state index < -0.39 is 6.10 Å². The number of benzene rings is 2. The summed E-state index contributed by atoms with van der Waals surface area (Å²) >= 11 is 0. The molecule has 0 aromatic heterocycles. The smallest absolute Gasteiger partial charge is 0.125 e. The molecule has 0 bridgehead atoms. The maximum Gasteiger partial charge on any atom is 0.125 e. The SMILES string of the molecule is COc1ccc(C(O)c2cc(C)ccc2OC)cc1. The monoisotopic (exact) mass is 258 g/mol. The van der Waals surface area contributed by atoms with Gasteiger partial charge in [-0.1, -0.05) is 23.8 Å². The Balaban J connectivity index is 2.36. The van der Waals surface area contributed by atoms with Crippen LogP contribution in [0.15, 0.2) is 42.5 Å². The van der Waals surface area contributed by atoms with Crippen LogP contribution in [0.25, 0.3) is 0 Å². The Morgan fingerprint density at radius 3 is 2.21 bits per heavy atom. The molecule has 0 radical (unpaired) electrons. The highest BCUT2D eigenvalue weighted by Crippen LogP contribution is 2.31. The van der Waals surface area contributed by atoms with Gasteiger partial charge in [0.15, 0.2) is 0 Å². The van der Waals surface area contributed by atoms with Gasteiger partial charge < -0.3 is 14.6 Å². The molecule has 0 spiro atoms. The summed E-state index contributed by atoms with van der Waals surface area (Å²) in [4.78, 5) is 0. The van der Waals surface area contributed by atoms with Gasteiger partial charge in [0, 0.05) is 5.56 Å². The average molecular weight is 258 g/mol. The maximum absolute atomic E-state index is 10.5. The van der Waals surface area contributed by atoms with Gasteiger partial charge in [-0.25, -0.2) is 0 Å². The van der Waals surface area contributed by atoms with Gasteiger partial charge in [0.1, 0.15) is 17.6 Å². The molecule has 100 valence electrons. The van der Waals surface area contributed by atoms with Crippen LogP contribution in [0.4, 0.5) is 0 Å². The van der Waals surface area contributed by atoms with Gasteiger partial charge in [-0.3, -0.25) is 0 Å². The lowest BCUT2D eigenvalue weighted by Crippen LogP contribution is -2.03. The lowest BCUT2D eigenvalue weighted by Gasteiger charge is -2.16. The van der Waals surface area contributed by atoms with E-state index in [2.05, 4.69) is 0 Å². The molecular weight excluding hydrogens is 240 g/mol. The second kappa shape index (κ2) is 5.76. The first kappa shape index (κ1) is 13.4. The van der Waals surface area contributed by atoms with E-state index in [1.54, 1.807) is 14.2 Å². The van der Waals surface area contributed by atoms with E-state index in [9.17, 15) is 5.11 Å². The predicted molar refractivity (Wildman–Crippen MR) is 74.8 cm³/mol. The third kappa shape index (κ3) is 2.88. The topological polar surface area (TPSA) is 38.7 Å². The van der Waals surface area contributed by atoms with Crippen molar-refractivity contribution in [3.05, 3.63) is 59.2 Å². The van der Waals surface area contributed by atoms with Crippen molar-refractivity contribution >= 4 is 0 Å². The molecule has 2 rings (SSSR count). The molecule has 0 saturated carbocycles. The van der Waals surface area contributed by atoms with E-state index in [4.69, 9.17) is 9.47 Å². The minimum Gasteiger partial charge on any atom is -0.497 e. The van der Waals surface area contributed by atoms with Crippen LogP contribution in [-0.2, 0) is 0 Å². The van der Waals surface area contributed by atoms with E-state index in [-0.39, 0.29) is 0 Å². The minimum atomic E-state index is -0.708. The fourth-order valence-corrected chi connectivity index (χ4v) is 2.03. The zero-order valence-corrected chi connectivity index (χ0v) is 11.4. The first-order chi connectivity index (χ1) is 9.15. The van der Waals surface area contributed by atoms with Gasteiger partial charge >= 0.3 is 0 Å². The Morgan fingerprint density at radius 1 is 0.947 bits per heavy atom. The molecule has 1 atom stereocenters. The van der Waals surface area contributed by atoms with Crippen LogP contribution in [0, 0.1) is 6.92 Å². The van der Waals surface area contributed by atoms with E-state index >= 15 is 0 Å². The van der Waals surface area contributed by atoms with Crippen molar-refractivity contribution in [2.45, 2.75) is 13.0 Å². The zero-order chi connectivity index (χ0) is 13.8. The Morgan fingerprint density at radius 2 is 1.63 bits per heavy atom. The van der Waals surface area contributed by atoms with Gasteiger partial charge in [-0.15, -0.1) is 0 Å². The quantitative estimate of drug-likeness (QED) is 0.915. The van der Waals surface area contributed by atoms with Crippen LogP contribution >= 0.6 is 0 Å². The molecule has 0 amide bonds. The maximum atomic E-state index is 10.5. The van der Waals surface area contributed by atoms with Crippen LogP contribution in [0.3, 0.4) is 0 Å². The van der Waals surface area contributed by atoms with Crippen LogP contribution in [0.1, 0.15) is 22.8 Å². The van der Waals surface area contributed by atoms with Crippen molar-refractivity contribution in [3.63, 3.8) is 0 Å². The highest BCUT2D eigenvalue weighted by atomic mass is 16.5. The lowest BCUT2D eigenvalue weighted by molar-refractivity contribution is 0.214. The number of hydrogen-bond donors (Lipinski definition) is 1. The van der Waals surface area contributed by atoms with Crippen LogP contribution in [0.5, 0.6) is 11.5 Å². The molecule has 0 heterocycles. The molecule has 19 heavy (non-hydrogen) atoms. The molecule has 3 heteroatoms. The van der Waals surface area contributed by atoms with Gasteiger partial charge in [-0.05, 0) is 36.8 Å². The Labute approximate surface area is 113 Å². The van der Waals surface area contributed by atoms with Crippen molar-refractivity contribution in [3.8, 4) is 11.5 Å². The van der Waals surface area contributed by atoms with Crippen molar-refractivity contribution in [1.82, 2.24) is 0 Å². The second-order valence-corrected chi connectivity index (χ2v) is 4.42. The first-order valence-corrected chi connectivity index (χ1v) is 6.12. The lowest BCUT2D eigenvalue weighted by atomic mass is 9.99. The fourth-order valence-electron chi connectivity index (χ4n) is 2.03. The number of aliphatic hydroxyl groups is 1. The number of methoxy groups -OCH3 is 2. The molecule has 0 saturated heterocycles. The van der Waals surface area contributed by atoms with E-state index in [0.717, 1.165) is 22.4 Å². The number of aliphatic hydroxyl groups excluding tert-OH is 1. The number of hydrogen-bond acceptors (Lipinski definition) is 3. The predicted octanol–water partition coefficient (Wildman–Crippen LogP) is 3.09. The standard InChI is InChI=1S/C16H18O3/c1-11-4-9-15(19-3)14(10-11)16(17)12-5-7-13(18-2)8-6-12/h4-10,16-17H,1-3H3. The van der Waals surface area contributed by atoms with E-state index in [0.29, 0.717) is 5.75 Å². The van der Waals surface area contributed by atoms with E-state index in [1.807, 2.05) is 49.4 Å². The number of aryl methyl sites for hydroxylation is 1. The molecule has 2 aromatic carbocycles. The van der Waals surface area contributed by atoms with Gasteiger partial charge in [0.05, 0.1) is 14.2 Å². The van der Waals surface area contributed by atoms with E-state index in [1.165, 1.54) is 0 Å². The summed E-state index contributed by atoms with van der Waals surface area (Å²) in [7, 11) is 3.23. The Bertz CT molecular complexity index is 546. The third-order valence-electron chi connectivity index (χ3n) is 3.11. The second-order valence-electron chi connectivity index (χ2n) is 4.42. The molecule has 0 aliphatic rings. The normalized spacial score (nSPS) is 12.0. The molecule has 0 fully saturated rings. The first-order valence-electron chi connectivity index (χ1n) is 6.12. The largest absolute Gasteiger partial charge is 0.497 e. The average Bonchev–Trinajstić information content (AvgIpc) is 2.46. The Kier molecular flexibility index (Phi) is 4.07. The molecule has 3 nitrogen and oxygen atoms in total. The summed E-state index contributed by atoms with van der Waals surface area (Å²) < 4.78 is 10.4. The summed E-state index contributed by atoms with van der Waals surface area (Å²) in [6, 6.07) is 13.1. The van der Waals surface area contributed by atoms with Crippen LogP contribution in [0.2, 0.25) is 0 Å². The van der Waals surface area contributed by atoms with Crippen LogP contribution < -0.4 is 9.47 Å². The minimum absolute atomic E-state index is 0.689. The summed E-state index contributed by atoms with van der Waals surface area (Å²) in [5.74, 6) is 1.46. The van der Waals surface area contributed by atoms with Crippen molar-refractivity contribution in [1.29, 1.82) is 0 Å². The summed E-state index contributed by atoms with van der Waals surface area (Å²) in [5, 5.41) is 10.5. The third-order valence-corrected chi connectivity index (χ3v) is 3.11. The van der Waals surface area contributed by atoms with Crippen molar-refractivity contribution in [2.24, 2.45) is 0 Å². The van der Waals surface area contributed by atoms with Crippen molar-refractivity contribution < 1.29 is 14.6 Å². The van der Waals surface area contributed by atoms with Crippen LogP contribution in [-0.4, -0.2) is 19.3 Å². The van der Waals surface area contributed by atoms with Gasteiger partial charge in [0.25, 0.3) is 0 Å². The summed E-state index contributed by atoms with van der Waals surface area (Å²) in [5.41, 5.74) is 2.67. The Hall–Kier alpha value is -2.00. The number of ether oxygens (including phenoxy) is 2. The summed E-state index contributed by atoms with van der Waals surface area (Å²) in [6.45, 7) is 1.99. The highest BCUT2D eigenvalue weighted by molar-refractivity contribution is 5.43. The van der Waals surface area contributed by atoms with Gasteiger partial charge in [-0.2, -0.15) is 0 Å².